The second kappa shape index (κ2) is 11.2. The highest BCUT2D eigenvalue weighted by Crippen LogP contribution is 2.35. The Labute approximate surface area is 206 Å². The van der Waals surface area contributed by atoms with Gasteiger partial charge in [0, 0.05) is 57.5 Å². The number of amides is 1. The van der Waals surface area contributed by atoms with Crippen molar-refractivity contribution >= 4 is 16.8 Å². The lowest BCUT2D eigenvalue weighted by Crippen LogP contribution is -2.49. The fourth-order valence-electron chi connectivity index (χ4n) is 4.80. The summed E-state index contributed by atoms with van der Waals surface area (Å²) >= 11 is 0. The van der Waals surface area contributed by atoms with Gasteiger partial charge in [0.25, 0.3) is 5.91 Å². The molecular formula is C28H35N3O4. The maximum atomic E-state index is 13.4. The predicted octanol–water partition coefficient (Wildman–Crippen LogP) is 3.74. The first-order valence-electron chi connectivity index (χ1n) is 12.6. The van der Waals surface area contributed by atoms with Crippen LogP contribution < -0.4 is 10.1 Å². The summed E-state index contributed by atoms with van der Waals surface area (Å²) in [4.78, 5) is 15.4. The number of carbonyl (C=O) groups is 1. The number of methoxy groups -OCH3 is 1. The van der Waals surface area contributed by atoms with Gasteiger partial charge in [0.05, 0.1) is 12.1 Å². The number of morpholine rings is 1. The topological polar surface area (TPSA) is 65.0 Å². The van der Waals surface area contributed by atoms with Crippen molar-refractivity contribution in [3.63, 3.8) is 0 Å². The molecule has 1 aromatic heterocycles. The van der Waals surface area contributed by atoms with Gasteiger partial charge in [-0.3, -0.25) is 4.79 Å². The van der Waals surface area contributed by atoms with Crippen molar-refractivity contribution < 1.29 is 19.0 Å². The molecule has 0 bridgehead atoms. The van der Waals surface area contributed by atoms with Gasteiger partial charge in [-0.15, -0.1) is 0 Å². The third-order valence-electron chi connectivity index (χ3n) is 6.74. The lowest BCUT2D eigenvalue weighted by atomic mass is 10.1. The van der Waals surface area contributed by atoms with Crippen molar-refractivity contribution in [2.45, 2.75) is 51.1 Å². The van der Waals surface area contributed by atoms with E-state index in [2.05, 4.69) is 34.3 Å². The monoisotopic (exact) mass is 477 g/mol. The number of aryl methyl sites for hydroxylation is 1. The number of rotatable bonds is 11. The van der Waals surface area contributed by atoms with Crippen LogP contribution in [0.1, 0.15) is 30.4 Å². The van der Waals surface area contributed by atoms with Gasteiger partial charge in [0.1, 0.15) is 18.5 Å². The SMILES string of the molecule is COCCCn1cc(CN(C(=O)[C@H]2CNCCO2)C2CC2)c2cccc(OCc3ccccc3)c21. The fourth-order valence-corrected chi connectivity index (χ4v) is 4.80. The molecule has 2 fully saturated rings. The normalized spacial score (nSPS) is 18.0. The van der Waals surface area contributed by atoms with E-state index in [0.29, 0.717) is 39.0 Å². The highest BCUT2D eigenvalue weighted by molar-refractivity contribution is 5.90. The van der Waals surface area contributed by atoms with E-state index in [1.54, 1.807) is 7.11 Å². The van der Waals surface area contributed by atoms with Gasteiger partial charge < -0.3 is 29.0 Å². The van der Waals surface area contributed by atoms with Gasteiger partial charge in [0.15, 0.2) is 0 Å². The molecule has 0 unspecified atom stereocenters. The van der Waals surface area contributed by atoms with Gasteiger partial charge in [-0.1, -0.05) is 42.5 Å². The summed E-state index contributed by atoms with van der Waals surface area (Å²) in [5.74, 6) is 0.954. The lowest BCUT2D eigenvalue weighted by molar-refractivity contribution is -0.146. The first kappa shape index (κ1) is 23.9. The average molecular weight is 478 g/mol. The first-order valence-corrected chi connectivity index (χ1v) is 12.6. The standard InChI is InChI=1S/C28H35N3O4/c1-33-15-6-14-30-18-22(19-31(23-11-12-23)28(32)26-17-29-13-16-34-26)24-9-5-10-25(27(24)30)35-20-21-7-3-2-4-8-21/h2-5,7-10,18,23,26,29H,6,11-17,19-20H2,1H3/t26-/m1/s1. The van der Waals surface area contributed by atoms with Crippen LogP contribution >= 0.6 is 0 Å². The fraction of sp³-hybridized carbons (Fsp3) is 0.464. The van der Waals surface area contributed by atoms with Crippen LogP contribution in [0, 0.1) is 0 Å². The Morgan fingerprint density at radius 1 is 1.17 bits per heavy atom. The van der Waals surface area contributed by atoms with E-state index in [1.807, 2.05) is 35.2 Å². The van der Waals surface area contributed by atoms with Crippen molar-refractivity contribution in [3.8, 4) is 5.75 Å². The number of hydrogen-bond donors (Lipinski definition) is 1. The molecule has 1 saturated carbocycles. The smallest absolute Gasteiger partial charge is 0.253 e. The van der Waals surface area contributed by atoms with Crippen LogP contribution in [0.15, 0.2) is 54.7 Å². The van der Waals surface area contributed by atoms with Crippen molar-refractivity contribution in [3.05, 3.63) is 65.9 Å². The molecule has 2 aliphatic rings. The van der Waals surface area contributed by atoms with Crippen LogP contribution in [-0.2, 0) is 34.0 Å². The quantitative estimate of drug-likeness (QED) is 0.427. The van der Waals surface area contributed by atoms with E-state index >= 15 is 0 Å². The summed E-state index contributed by atoms with van der Waals surface area (Å²) in [5.41, 5.74) is 3.36. The Hall–Kier alpha value is -2.87. The molecule has 3 aromatic rings. The van der Waals surface area contributed by atoms with Crippen LogP contribution in [0.2, 0.25) is 0 Å². The largest absolute Gasteiger partial charge is 0.487 e. The molecule has 0 radical (unpaired) electrons. The number of hydrogen-bond acceptors (Lipinski definition) is 5. The molecule has 2 aromatic carbocycles. The maximum Gasteiger partial charge on any atom is 0.253 e. The molecule has 2 heterocycles. The van der Waals surface area contributed by atoms with E-state index in [4.69, 9.17) is 14.2 Å². The molecular weight excluding hydrogens is 442 g/mol. The third kappa shape index (κ3) is 5.69. The Kier molecular flexibility index (Phi) is 7.66. The number of nitrogens with zero attached hydrogens (tertiary/aromatic N) is 2. The lowest BCUT2D eigenvalue weighted by Gasteiger charge is -2.30. The number of nitrogens with one attached hydrogen (secondary N) is 1. The van der Waals surface area contributed by atoms with Crippen molar-refractivity contribution in [1.29, 1.82) is 0 Å². The van der Waals surface area contributed by atoms with E-state index < -0.39 is 6.10 Å². The number of fused-ring (bicyclic) bond motifs is 1. The third-order valence-corrected chi connectivity index (χ3v) is 6.74. The van der Waals surface area contributed by atoms with Crippen LogP contribution in [0.5, 0.6) is 5.75 Å². The second-order valence-corrected chi connectivity index (χ2v) is 9.38. The molecule has 7 nitrogen and oxygen atoms in total. The Balaban J connectivity index is 1.43. The Bertz CT molecular complexity index is 1120. The molecule has 1 aliphatic carbocycles. The van der Waals surface area contributed by atoms with E-state index in [1.165, 1.54) is 0 Å². The number of carbonyl (C=O) groups excluding carboxylic acids is 1. The highest BCUT2D eigenvalue weighted by Gasteiger charge is 2.37. The second-order valence-electron chi connectivity index (χ2n) is 9.38. The Morgan fingerprint density at radius 2 is 2.03 bits per heavy atom. The zero-order valence-corrected chi connectivity index (χ0v) is 20.4. The van der Waals surface area contributed by atoms with Crippen molar-refractivity contribution in [1.82, 2.24) is 14.8 Å². The van der Waals surface area contributed by atoms with Gasteiger partial charge in [-0.2, -0.15) is 0 Å². The highest BCUT2D eigenvalue weighted by atomic mass is 16.5. The number of aromatic nitrogens is 1. The van der Waals surface area contributed by atoms with Gasteiger partial charge in [-0.05, 0) is 36.5 Å². The summed E-state index contributed by atoms with van der Waals surface area (Å²) < 4.78 is 19.7. The molecule has 5 rings (SSSR count). The minimum Gasteiger partial charge on any atom is -0.487 e. The zero-order valence-electron chi connectivity index (χ0n) is 20.4. The maximum absolute atomic E-state index is 13.4. The summed E-state index contributed by atoms with van der Waals surface area (Å²) in [7, 11) is 1.73. The summed E-state index contributed by atoms with van der Waals surface area (Å²) in [6, 6.07) is 16.7. The minimum atomic E-state index is -0.399. The summed E-state index contributed by atoms with van der Waals surface area (Å²) in [6.07, 6.45) is 4.81. The molecule has 7 heteroatoms. The van der Waals surface area contributed by atoms with Crippen molar-refractivity contribution in [2.24, 2.45) is 0 Å². The average Bonchev–Trinajstić information content (AvgIpc) is 3.69. The molecule has 1 atom stereocenters. The molecule has 1 saturated heterocycles. The first-order chi connectivity index (χ1) is 17.2. The minimum absolute atomic E-state index is 0.0939. The molecule has 0 spiro atoms. The molecule has 186 valence electrons. The molecule has 1 amide bonds. The van der Waals surface area contributed by atoms with Crippen molar-refractivity contribution in [2.75, 3.05) is 33.4 Å². The molecule has 35 heavy (non-hydrogen) atoms. The van der Waals surface area contributed by atoms with E-state index in [0.717, 1.165) is 60.1 Å². The molecule has 1 aliphatic heterocycles. The number of benzene rings is 2. The van der Waals surface area contributed by atoms with E-state index in [-0.39, 0.29) is 5.91 Å². The zero-order chi connectivity index (χ0) is 24.0. The summed E-state index contributed by atoms with van der Waals surface area (Å²) in [5, 5.41) is 4.42. The number of ether oxygens (including phenoxy) is 3. The van der Waals surface area contributed by atoms with Crippen LogP contribution in [0.25, 0.3) is 10.9 Å². The van der Waals surface area contributed by atoms with Gasteiger partial charge in [0.2, 0.25) is 0 Å². The van der Waals surface area contributed by atoms with E-state index in [9.17, 15) is 4.79 Å². The van der Waals surface area contributed by atoms with Crippen LogP contribution in [-0.4, -0.2) is 60.9 Å². The molecule has 1 N–H and O–H groups in total. The van der Waals surface area contributed by atoms with Crippen LogP contribution in [0.4, 0.5) is 0 Å². The number of para-hydroxylation sites is 1. The van der Waals surface area contributed by atoms with Gasteiger partial charge in [-0.25, -0.2) is 0 Å². The summed E-state index contributed by atoms with van der Waals surface area (Å²) in [6.45, 7) is 4.57. The predicted molar refractivity (Wildman–Crippen MR) is 135 cm³/mol. The van der Waals surface area contributed by atoms with Gasteiger partial charge >= 0.3 is 0 Å². The Morgan fingerprint density at radius 3 is 2.77 bits per heavy atom. The van der Waals surface area contributed by atoms with Crippen LogP contribution in [0.3, 0.4) is 0 Å².